The fraction of sp³-hybridized carbons (Fsp3) is 0. The van der Waals surface area contributed by atoms with Gasteiger partial charge in [0.1, 0.15) is 0 Å². The summed E-state index contributed by atoms with van der Waals surface area (Å²) in [5.41, 5.74) is 1.09. The summed E-state index contributed by atoms with van der Waals surface area (Å²) in [5.74, 6) is 0. The lowest BCUT2D eigenvalue weighted by Gasteiger charge is -1.93. The van der Waals surface area contributed by atoms with E-state index in [1.807, 2.05) is 0 Å². The third-order valence-electron chi connectivity index (χ3n) is 0.282. The van der Waals surface area contributed by atoms with Gasteiger partial charge in [0.2, 0.25) is 0 Å². The largest absolute Gasteiger partial charge is 0.352 e. The summed E-state index contributed by atoms with van der Waals surface area (Å²) in [4.78, 5) is 9.80. The normalized spacial score (nSPS) is 12.2. The molecule has 1 atom stereocenters. The van der Waals surface area contributed by atoms with Crippen molar-refractivity contribution < 1.29 is 18.8 Å². The molecular weight excluding hydrogens is 136 g/mol. The van der Waals surface area contributed by atoms with Gasteiger partial charge in [-0.2, -0.15) is 0 Å². The number of hydrogen-bond acceptors (Lipinski definition) is 3. The summed E-state index contributed by atoms with van der Waals surface area (Å²) < 4.78 is 18.9. The molecule has 0 saturated carbocycles. The molecule has 0 aromatic carbocycles. The van der Waals surface area contributed by atoms with Crippen molar-refractivity contribution in [2.75, 3.05) is 0 Å². The van der Waals surface area contributed by atoms with E-state index in [-0.39, 0.29) is 0 Å². The van der Waals surface area contributed by atoms with E-state index in [4.69, 9.17) is 9.76 Å². The molecule has 1 unspecified atom stereocenters. The van der Waals surface area contributed by atoms with E-state index in [1.54, 1.807) is 0 Å². The Labute approximate surface area is 47.3 Å². The van der Waals surface area contributed by atoms with Gasteiger partial charge in [-0.1, -0.05) is 0 Å². The maximum atomic E-state index is 9.80. The van der Waals surface area contributed by atoms with Crippen LogP contribution in [0.1, 0.15) is 0 Å². The summed E-state index contributed by atoms with van der Waals surface area (Å²) in [6.07, 6.45) is 0. The molecule has 7 heteroatoms. The second kappa shape index (κ2) is 3.36. The molecule has 0 heterocycles. The Morgan fingerprint density at radius 1 is 1.62 bits per heavy atom. The Morgan fingerprint density at radius 3 is 2.25 bits per heavy atom. The first-order valence-electron chi connectivity index (χ1n) is 1.48. The average Bonchev–Trinajstić information content (AvgIpc) is 1.65. The van der Waals surface area contributed by atoms with Gasteiger partial charge in [-0.15, -0.1) is 0 Å². The van der Waals surface area contributed by atoms with Crippen LogP contribution in [0.3, 0.4) is 0 Å². The molecule has 6 nitrogen and oxygen atoms in total. The first kappa shape index (κ1) is 7.34. The minimum Gasteiger partial charge on any atom is -0.289 e. The Bertz CT molecular complexity index is 113. The molecule has 0 aliphatic rings. The molecule has 8 heavy (non-hydrogen) atoms. The SMILES string of the molecule is O=C(NO)NS(=O)O. The van der Waals surface area contributed by atoms with E-state index < -0.39 is 17.3 Å². The maximum absolute atomic E-state index is 9.80. The zero-order valence-corrected chi connectivity index (χ0v) is 4.44. The molecule has 0 bridgehead atoms. The van der Waals surface area contributed by atoms with Gasteiger partial charge in [-0.05, 0) is 0 Å². The average molecular weight is 140 g/mol. The van der Waals surface area contributed by atoms with Gasteiger partial charge in [0.15, 0.2) is 0 Å². The molecule has 0 aromatic rings. The number of hydrogen-bond donors (Lipinski definition) is 4. The van der Waals surface area contributed by atoms with Crippen LogP contribution in [-0.4, -0.2) is 20.0 Å². The van der Waals surface area contributed by atoms with Crippen molar-refractivity contribution in [2.24, 2.45) is 0 Å². The summed E-state index contributed by atoms with van der Waals surface area (Å²) in [6, 6.07) is -1.12. The van der Waals surface area contributed by atoms with E-state index in [2.05, 4.69) is 0 Å². The zero-order valence-electron chi connectivity index (χ0n) is 3.62. The maximum Gasteiger partial charge on any atom is 0.352 e. The molecule has 0 saturated heterocycles. The van der Waals surface area contributed by atoms with Crippen LogP contribution in [0, 0.1) is 0 Å². The minimum absolute atomic E-state index is 1.09. The van der Waals surface area contributed by atoms with Crippen LogP contribution in [0.2, 0.25) is 0 Å². The van der Waals surface area contributed by atoms with Crippen LogP contribution in [0.4, 0.5) is 4.79 Å². The summed E-state index contributed by atoms with van der Waals surface area (Å²) in [5, 5.41) is 7.68. The molecule has 4 N–H and O–H groups in total. The van der Waals surface area contributed by atoms with Crippen LogP contribution in [0.25, 0.3) is 0 Å². The van der Waals surface area contributed by atoms with Gasteiger partial charge in [-0.25, -0.2) is 19.2 Å². The summed E-state index contributed by atoms with van der Waals surface area (Å²) >= 11 is -2.42. The Morgan fingerprint density at radius 2 is 2.12 bits per heavy atom. The molecule has 0 fully saturated rings. The lowest BCUT2D eigenvalue weighted by atomic mass is 11.2. The Balaban J connectivity index is 3.40. The van der Waals surface area contributed by atoms with E-state index in [0.29, 0.717) is 0 Å². The third-order valence-corrected chi connectivity index (χ3v) is 0.642. The second-order valence-corrected chi connectivity index (χ2v) is 1.49. The van der Waals surface area contributed by atoms with Gasteiger partial charge < -0.3 is 0 Å². The third kappa shape index (κ3) is 3.53. The standard InChI is InChI=1S/CH4N2O4S/c4-1(2-5)3-8(6)7/h5H,(H,6,7)(H2,2,3,4). The molecule has 0 aromatic heterocycles. The number of carbonyl (C=O) groups is 1. The lowest BCUT2D eigenvalue weighted by Crippen LogP contribution is -2.33. The van der Waals surface area contributed by atoms with Crippen molar-refractivity contribution in [3.8, 4) is 0 Å². The monoisotopic (exact) mass is 140 g/mol. The van der Waals surface area contributed by atoms with Crippen molar-refractivity contribution >= 4 is 17.3 Å². The van der Waals surface area contributed by atoms with Gasteiger partial charge in [-0.3, -0.25) is 9.76 Å². The van der Waals surface area contributed by atoms with E-state index in [1.165, 1.54) is 4.72 Å². The fourth-order valence-corrected chi connectivity index (χ4v) is 0.306. The number of carbonyl (C=O) groups excluding carboxylic acids is 1. The van der Waals surface area contributed by atoms with Gasteiger partial charge >= 0.3 is 6.03 Å². The zero-order chi connectivity index (χ0) is 6.57. The van der Waals surface area contributed by atoms with Crippen LogP contribution in [0.15, 0.2) is 0 Å². The Kier molecular flexibility index (Phi) is 3.08. The quantitative estimate of drug-likeness (QED) is 0.209. The highest BCUT2D eigenvalue weighted by Crippen LogP contribution is 1.62. The van der Waals surface area contributed by atoms with Crippen LogP contribution < -0.4 is 10.2 Å². The molecule has 0 spiro atoms. The summed E-state index contributed by atoms with van der Waals surface area (Å²) in [7, 11) is 0. The summed E-state index contributed by atoms with van der Waals surface area (Å²) in [6.45, 7) is 0. The minimum atomic E-state index is -2.42. The van der Waals surface area contributed by atoms with Gasteiger partial charge in [0.05, 0.1) is 0 Å². The fourth-order valence-electron chi connectivity index (χ4n) is 0.102. The molecule has 48 valence electrons. The van der Waals surface area contributed by atoms with E-state index >= 15 is 0 Å². The van der Waals surface area contributed by atoms with Crippen molar-refractivity contribution in [2.45, 2.75) is 0 Å². The van der Waals surface area contributed by atoms with Gasteiger partial charge in [0.25, 0.3) is 11.3 Å². The molecule has 0 aliphatic heterocycles. The molecule has 0 radical (unpaired) electrons. The predicted molar refractivity (Wildman–Crippen MR) is 24.2 cm³/mol. The number of amides is 2. The van der Waals surface area contributed by atoms with Crippen molar-refractivity contribution in [3.63, 3.8) is 0 Å². The highest BCUT2D eigenvalue weighted by Gasteiger charge is 1.97. The number of nitrogens with one attached hydrogen (secondary N) is 2. The second-order valence-electron chi connectivity index (χ2n) is 0.792. The van der Waals surface area contributed by atoms with E-state index in [9.17, 15) is 9.00 Å². The first-order chi connectivity index (χ1) is 3.66. The molecule has 0 aliphatic carbocycles. The Hall–Kier alpha value is -0.660. The van der Waals surface area contributed by atoms with Crippen LogP contribution >= 0.6 is 0 Å². The topological polar surface area (TPSA) is 98.7 Å². The van der Waals surface area contributed by atoms with Crippen molar-refractivity contribution in [1.82, 2.24) is 10.2 Å². The number of rotatable bonds is 1. The smallest absolute Gasteiger partial charge is 0.289 e. The molecule has 2 amide bonds. The van der Waals surface area contributed by atoms with E-state index in [0.717, 1.165) is 5.48 Å². The predicted octanol–water partition coefficient (Wildman–Crippen LogP) is -1.19. The number of hydroxylamine groups is 1. The first-order valence-corrected chi connectivity index (χ1v) is 2.59. The lowest BCUT2D eigenvalue weighted by molar-refractivity contribution is 0.166. The highest BCUT2D eigenvalue weighted by atomic mass is 32.2. The highest BCUT2D eigenvalue weighted by molar-refractivity contribution is 7.77. The van der Waals surface area contributed by atoms with Crippen LogP contribution in [-0.2, 0) is 11.3 Å². The molecule has 0 rings (SSSR count). The van der Waals surface area contributed by atoms with Gasteiger partial charge in [0, 0.05) is 0 Å². The van der Waals surface area contributed by atoms with Crippen molar-refractivity contribution in [1.29, 1.82) is 0 Å². The number of urea groups is 1. The van der Waals surface area contributed by atoms with Crippen molar-refractivity contribution in [3.05, 3.63) is 0 Å². The van der Waals surface area contributed by atoms with Crippen LogP contribution in [0.5, 0.6) is 0 Å². The molecular formula is CH4N2O4S.